The molecule has 134 valence electrons. The van der Waals surface area contributed by atoms with Gasteiger partial charge in [-0.2, -0.15) is 13.2 Å². The van der Waals surface area contributed by atoms with E-state index >= 15 is 0 Å². The Hall–Kier alpha value is -1.92. The SMILES string of the molecule is CCC(Oc1ccccc1Cl)C(=O)Nc1cc(C(F)(F)F)ccc1Cl. The minimum absolute atomic E-state index is 0.00561. The van der Waals surface area contributed by atoms with Crippen molar-refractivity contribution in [1.82, 2.24) is 0 Å². The lowest BCUT2D eigenvalue weighted by atomic mass is 10.1. The number of hydrogen-bond donors (Lipinski definition) is 1. The second-order valence-electron chi connectivity index (χ2n) is 5.13. The van der Waals surface area contributed by atoms with Crippen LogP contribution in [0.3, 0.4) is 0 Å². The molecule has 8 heteroatoms. The molecule has 1 atom stereocenters. The highest BCUT2D eigenvalue weighted by molar-refractivity contribution is 6.33. The van der Waals surface area contributed by atoms with E-state index in [1.54, 1.807) is 31.2 Å². The van der Waals surface area contributed by atoms with Gasteiger partial charge in [-0.15, -0.1) is 0 Å². The van der Waals surface area contributed by atoms with Crippen LogP contribution in [0, 0.1) is 0 Å². The van der Waals surface area contributed by atoms with Gasteiger partial charge in [-0.25, -0.2) is 0 Å². The third kappa shape index (κ3) is 5.03. The summed E-state index contributed by atoms with van der Waals surface area (Å²) in [5.74, 6) is -0.315. The minimum atomic E-state index is -4.54. The summed E-state index contributed by atoms with van der Waals surface area (Å²) in [7, 11) is 0. The highest BCUT2D eigenvalue weighted by atomic mass is 35.5. The van der Waals surface area contributed by atoms with Crippen LogP contribution in [-0.2, 0) is 11.0 Å². The summed E-state index contributed by atoms with van der Waals surface area (Å²) >= 11 is 11.9. The molecule has 1 amide bonds. The normalized spacial score (nSPS) is 12.6. The summed E-state index contributed by atoms with van der Waals surface area (Å²) in [6.07, 6.45) is -5.19. The standard InChI is InChI=1S/C17H14Cl2F3NO2/c1-2-14(25-15-6-4-3-5-12(15)19)16(24)23-13-9-10(17(20,21)22)7-8-11(13)18/h3-9,14H,2H2,1H3,(H,23,24). The molecule has 0 fully saturated rings. The van der Waals surface area contributed by atoms with Crippen molar-refractivity contribution in [3.63, 3.8) is 0 Å². The van der Waals surface area contributed by atoms with Crippen molar-refractivity contribution in [2.45, 2.75) is 25.6 Å². The zero-order valence-electron chi connectivity index (χ0n) is 13.0. The number of rotatable bonds is 5. The van der Waals surface area contributed by atoms with Gasteiger partial charge in [0.25, 0.3) is 5.91 Å². The minimum Gasteiger partial charge on any atom is -0.479 e. The van der Waals surface area contributed by atoms with Crippen LogP contribution in [0.5, 0.6) is 5.75 Å². The second kappa shape index (κ2) is 7.97. The number of halogens is 5. The number of anilines is 1. The van der Waals surface area contributed by atoms with Gasteiger partial charge in [0.1, 0.15) is 5.75 Å². The predicted molar refractivity (Wildman–Crippen MR) is 91.2 cm³/mol. The highest BCUT2D eigenvalue weighted by Crippen LogP contribution is 2.34. The number of carbonyl (C=O) groups excluding carboxylic acids is 1. The Morgan fingerprint density at radius 2 is 1.84 bits per heavy atom. The molecule has 2 aromatic carbocycles. The summed E-state index contributed by atoms with van der Waals surface area (Å²) in [4.78, 5) is 12.4. The van der Waals surface area contributed by atoms with Crippen molar-refractivity contribution >= 4 is 34.8 Å². The molecule has 0 aromatic heterocycles. The Morgan fingerprint density at radius 1 is 1.16 bits per heavy atom. The van der Waals surface area contributed by atoms with Gasteiger partial charge in [0.2, 0.25) is 0 Å². The largest absolute Gasteiger partial charge is 0.479 e. The van der Waals surface area contributed by atoms with Crippen LogP contribution >= 0.6 is 23.2 Å². The van der Waals surface area contributed by atoms with E-state index in [1.165, 1.54) is 0 Å². The summed E-state index contributed by atoms with van der Waals surface area (Å²) in [5.41, 5.74) is -1.05. The van der Waals surface area contributed by atoms with E-state index in [-0.39, 0.29) is 17.1 Å². The van der Waals surface area contributed by atoms with E-state index in [9.17, 15) is 18.0 Å². The number of nitrogens with one attached hydrogen (secondary N) is 1. The van der Waals surface area contributed by atoms with Crippen molar-refractivity contribution in [2.75, 3.05) is 5.32 Å². The molecule has 0 aliphatic carbocycles. The zero-order valence-corrected chi connectivity index (χ0v) is 14.5. The summed E-state index contributed by atoms with van der Waals surface area (Å²) < 4.78 is 44.0. The first-order valence-corrected chi connectivity index (χ1v) is 8.06. The summed E-state index contributed by atoms with van der Waals surface area (Å²) in [6.45, 7) is 1.70. The molecule has 2 rings (SSSR count). The maximum Gasteiger partial charge on any atom is 0.416 e. The number of amides is 1. The second-order valence-corrected chi connectivity index (χ2v) is 5.94. The van der Waals surface area contributed by atoms with Gasteiger partial charge in [0.15, 0.2) is 6.10 Å². The molecular formula is C17H14Cl2F3NO2. The van der Waals surface area contributed by atoms with E-state index in [1.807, 2.05) is 0 Å². The Kier molecular flexibility index (Phi) is 6.19. The molecule has 0 aliphatic heterocycles. The van der Waals surface area contributed by atoms with E-state index in [0.29, 0.717) is 10.8 Å². The topological polar surface area (TPSA) is 38.3 Å². The average Bonchev–Trinajstić information content (AvgIpc) is 2.55. The van der Waals surface area contributed by atoms with Gasteiger partial charge in [-0.3, -0.25) is 4.79 Å². The molecule has 0 radical (unpaired) electrons. The molecule has 0 heterocycles. The number of hydrogen-bond acceptors (Lipinski definition) is 2. The molecule has 0 spiro atoms. The molecule has 3 nitrogen and oxygen atoms in total. The molecule has 0 saturated heterocycles. The lowest BCUT2D eigenvalue weighted by Crippen LogP contribution is -2.32. The molecule has 1 unspecified atom stereocenters. The van der Waals surface area contributed by atoms with E-state index in [2.05, 4.69) is 5.32 Å². The first kappa shape index (κ1) is 19.4. The Labute approximate surface area is 152 Å². The fourth-order valence-corrected chi connectivity index (χ4v) is 2.37. The van der Waals surface area contributed by atoms with Crippen LogP contribution in [0.25, 0.3) is 0 Å². The molecule has 2 aromatic rings. The maximum atomic E-state index is 12.8. The maximum absolute atomic E-state index is 12.8. The van der Waals surface area contributed by atoms with Crippen LogP contribution in [0.1, 0.15) is 18.9 Å². The molecule has 1 N–H and O–H groups in total. The number of ether oxygens (including phenoxy) is 1. The lowest BCUT2D eigenvalue weighted by Gasteiger charge is -2.19. The first-order chi connectivity index (χ1) is 11.7. The third-order valence-electron chi connectivity index (χ3n) is 3.32. The van der Waals surface area contributed by atoms with Crippen LogP contribution < -0.4 is 10.1 Å². The van der Waals surface area contributed by atoms with Crippen molar-refractivity contribution in [3.8, 4) is 5.75 Å². The molecular weight excluding hydrogens is 378 g/mol. The monoisotopic (exact) mass is 391 g/mol. The first-order valence-electron chi connectivity index (χ1n) is 7.31. The predicted octanol–water partition coefficient (Wildman–Crippen LogP) is 5.81. The van der Waals surface area contributed by atoms with Crippen LogP contribution in [-0.4, -0.2) is 12.0 Å². The van der Waals surface area contributed by atoms with Gasteiger partial charge in [-0.1, -0.05) is 42.3 Å². The van der Waals surface area contributed by atoms with Crippen LogP contribution in [0.2, 0.25) is 10.0 Å². The molecule has 0 aliphatic rings. The van der Waals surface area contributed by atoms with Crippen molar-refractivity contribution in [1.29, 1.82) is 0 Å². The number of para-hydroxylation sites is 1. The summed E-state index contributed by atoms with van der Waals surface area (Å²) in [5, 5.41) is 2.69. The van der Waals surface area contributed by atoms with Gasteiger partial charge >= 0.3 is 6.18 Å². The highest BCUT2D eigenvalue weighted by Gasteiger charge is 2.31. The fourth-order valence-electron chi connectivity index (χ4n) is 2.03. The van der Waals surface area contributed by atoms with Crippen LogP contribution in [0.15, 0.2) is 42.5 Å². The van der Waals surface area contributed by atoms with E-state index in [4.69, 9.17) is 27.9 Å². The number of alkyl halides is 3. The number of carbonyl (C=O) groups is 1. The fraction of sp³-hybridized carbons (Fsp3) is 0.235. The van der Waals surface area contributed by atoms with Crippen LogP contribution in [0.4, 0.5) is 18.9 Å². The Balaban J connectivity index is 2.18. The van der Waals surface area contributed by atoms with Crippen molar-refractivity contribution < 1.29 is 22.7 Å². The van der Waals surface area contributed by atoms with Gasteiger partial charge in [0, 0.05) is 0 Å². The summed E-state index contributed by atoms with van der Waals surface area (Å²) in [6, 6.07) is 9.29. The van der Waals surface area contributed by atoms with Crippen molar-refractivity contribution in [2.24, 2.45) is 0 Å². The Morgan fingerprint density at radius 3 is 2.44 bits per heavy atom. The van der Waals surface area contributed by atoms with Crippen molar-refractivity contribution in [3.05, 3.63) is 58.1 Å². The smallest absolute Gasteiger partial charge is 0.416 e. The van der Waals surface area contributed by atoms with E-state index in [0.717, 1.165) is 18.2 Å². The molecule has 0 saturated carbocycles. The molecule has 0 bridgehead atoms. The Bertz CT molecular complexity index is 766. The number of benzene rings is 2. The lowest BCUT2D eigenvalue weighted by molar-refractivity contribution is -0.137. The van der Waals surface area contributed by atoms with Gasteiger partial charge < -0.3 is 10.1 Å². The van der Waals surface area contributed by atoms with E-state index < -0.39 is 23.8 Å². The third-order valence-corrected chi connectivity index (χ3v) is 3.96. The molecule has 25 heavy (non-hydrogen) atoms. The van der Waals surface area contributed by atoms with Gasteiger partial charge in [-0.05, 0) is 36.8 Å². The quantitative estimate of drug-likeness (QED) is 0.698. The van der Waals surface area contributed by atoms with Gasteiger partial charge in [0.05, 0.1) is 21.3 Å². The zero-order chi connectivity index (χ0) is 18.6. The average molecular weight is 392 g/mol.